The Labute approximate surface area is 85.6 Å². The lowest BCUT2D eigenvalue weighted by atomic mass is 10.0. The van der Waals surface area contributed by atoms with Gasteiger partial charge in [0.1, 0.15) is 0 Å². The molecule has 0 aromatic carbocycles. The summed E-state index contributed by atoms with van der Waals surface area (Å²) in [6.07, 6.45) is 2.14. The van der Waals surface area contributed by atoms with Gasteiger partial charge in [-0.05, 0) is 40.2 Å². The monoisotopic (exact) mass is 197 g/mol. The first-order valence-electron chi connectivity index (χ1n) is 4.80. The van der Waals surface area contributed by atoms with E-state index < -0.39 is 11.7 Å². The number of ketones is 1. The van der Waals surface area contributed by atoms with Gasteiger partial charge in [-0.3, -0.25) is 9.59 Å². The number of rotatable bonds is 4. The van der Waals surface area contributed by atoms with Gasteiger partial charge in [0.2, 0.25) is 5.78 Å². The zero-order valence-corrected chi connectivity index (χ0v) is 9.60. The molecule has 3 nitrogen and oxygen atoms in total. The second-order valence-electron chi connectivity index (χ2n) is 4.28. The van der Waals surface area contributed by atoms with E-state index in [1.165, 1.54) is 6.08 Å². The highest BCUT2D eigenvalue weighted by molar-refractivity contribution is 6.40. The molecule has 1 amide bonds. The summed E-state index contributed by atoms with van der Waals surface area (Å²) in [5.74, 6) is -1.01. The molecular weight excluding hydrogens is 178 g/mol. The molecule has 0 rings (SSSR count). The molecule has 14 heavy (non-hydrogen) atoms. The van der Waals surface area contributed by atoms with Crippen molar-refractivity contribution in [3.63, 3.8) is 0 Å². The standard InChI is InChI=1S/C11H19NO2/c1-6-11(4,5)12-10(14)9(13)7-8(2)3/h7H,6H2,1-5H3,(H,12,14). The molecule has 0 aliphatic carbocycles. The van der Waals surface area contributed by atoms with Crippen molar-refractivity contribution in [3.8, 4) is 0 Å². The van der Waals surface area contributed by atoms with E-state index in [4.69, 9.17) is 0 Å². The number of nitrogens with one attached hydrogen (secondary N) is 1. The van der Waals surface area contributed by atoms with Crippen LogP contribution in [0.2, 0.25) is 0 Å². The van der Waals surface area contributed by atoms with Gasteiger partial charge in [0.15, 0.2) is 0 Å². The average Bonchev–Trinajstić information content (AvgIpc) is 2.02. The molecule has 0 unspecified atom stereocenters. The Kier molecular flexibility index (Phi) is 4.54. The summed E-state index contributed by atoms with van der Waals surface area (Å²) in [4.78, 5) is 22.6. The van der Waals surface area contributed by atoms with Crippen LogP contribution in [0.3, 0.4) is 0 Å². The number of carbonyl (C=O) groups is 2. The van der Waals surface area contributed by atoms with Gasteiger partial charge < -0.3 is 5.32 Å². The highest BCUT2D eigenvalue weighted by atomic mass is 16.2. The maximum absolute atomic E-state index is 11.3. The molecule has 1 N–H and O–H groups in total. The summed E-state index contributed by atoms with van der Waals surface area (Å²) in [6, 6.07) is 0. The van der Waals surface area contributed by atoms with Crippen LogP contribution in [-0.4, -0.2) is 17.2 Å². The minimum absolute atomic E-state index is 0.317. The highest BCUT2D eigenvalue weighted by Crippen LogP contribution is 2.06. The molecular formula is C11H19NO2. The number of amides is 1. The Bertz CT molecular complexity index is 260. The van der Waals surface area contributed by atoms with E-state index in [9.17, 15) is 9.59 Å². The Morgan fingerprint density at radius 3 is 2.14 bits per heavy atom. The normalized spacial score (nSPS) is 10.6. The molecule has 0 atom stereocenters. The van der Waals surface area contributed by atoms with E-state index in [-0.39, 0.29) is 5.54 Å². The van der Waals surface area contributed by atoms with Crippen molar-refractivity contribution in [2.75, 3.05) is 0 Å². The maximum Gasteiger partial charge on any atom is 0.292 e. The van der Waals surface area contributed by atoms with Crippen LogP contribution < -0.4 is 5.32 Å². The fraction of sp³-hybridized carbons (Fsp3) is 0.636. The fourth-order valence-electron chi connectivity index (χ4n) is 0.785. The van der Waals surface area contributed by atoms with E-state index in [0.717, 1.165) is 12.0 Å². The third-order valence-corrected chi connectivity index (χ3v) is 1.98. The van der Waals surface area contributed by atoms with E-state index in [1.54, 1.807) is 13.8 Å². The zero-order valence-electron chi connectivity index (χ0n) is 9.60. The van der Waals surface area contributed by atoms with Gasteiger partial charge >= 0.3 is 0 Å². The number of hydrogen-bond acceptors (Lipinski definition) is 2. The van der Waals surface area contributed by atoms with Gasteiger partial charge in [-0.25, -0.2) is 0 Å². The van der Waals surface area contributed by atoms with Crippen LogP contribution in [0.4, 0.5) is 0 Å². The third-order valence-electron chi connectivity index (χ3n) is 1.98. The largest absolute Gasteiger partial charge is 0.344 e. The van der Waals surface area contributed by atoms with E-state index in [2.05, 4.69) is 5.32 Å². The molecule has 0 spiro atoms. The van der Waals surface area contributed by atoms with Crippen molar-refractivity contribution >= 4 is 11.7 Å². The predicted molar refractivity (Wildman–Crippen MR) is 57.0 cm³/mol. The summed E-state index contributed by atoms with van der Waals surface area (Å²) in [6.45, 7) is 9.32. The molecule has 0 bridgehead atoms. The first-order valence-corrected chi connectivity index (χ1v) is 4.80. The van der Waals surface area contributed by atoms with Gasteiger partial charge in [-0.1, -0.05) is 12.5 Å². The zero-order chi connectivity index (χ0) is 11.4. The lowest BCUT2D eigenvalue weighted by molar-refractivity contribution is -0.136. The number of carbonyl (C=O) groups excluding carboxylic acids is 2. The van der Waals surface area contributed by atoms with Gasteiger partial charge in [-0.15, -0.1) is 0 Å². The topological polar surface area (TPSA) is 46.2 Å². The molecule has 3 heteroatoms. The quantitative estimate of drug-likeness (QED) is 0.552. The van der Waals surface area contributed by atoms with Crippen LogP contribution in [-0.2, 0) is 9.59 Å². The molecule has 0 aromatic rings. The van der Waals surface area contributed by atoms with Crippen LogP contribution in [0.25, 0.3) is 0 Å². The van der Waals surface area contributed by atoms with Crippen LogP contribution >= 0.6 is 0 Å². The lowest BCUT2D eigenvalue weighted by Gasteiger charge is -2.23. The first kappa shape index (κ1) is 12.9. The summed E-state index contributed by atoms with van der Waals surface area (Å²) in [5.41, 5.74) is 0.516. The fourth-order valence-corrected chi connectivity index (χ4v) is 0.785. The summed E-state index contributed by atoms with van der Waals surface area (Å²) in [7, 11) is 0. The van der Waals surface area contributed by atoms with Crippen molar-refractivity contribution in [2.45, 2.75) is 46.6 Å². The summed E-state index contributed by atoms with van der Waals surface area (Å²) >= 11 is 0. The molecule has 0 heterocycles. The smallest absolute Gasteiger partial charge is 0.292 e. The molecule has 0 saturated heterocycles. The summed E-state index contributed by atoms with van der Waals surface area (Å²) in [5, 5.41) is 2.68. The summed E-state index contributed by atoms with van der Waals surface area (Å²) < 4.78 is 0. The van der Waals surface area contributed by atoms with E-state index in [0.29, 0.717) is 0 Å². The van der Waals surface area contributed by atoms with E-state index in [1.807, 2.05) is 20.8 Å². The van der Waals surface area contributed by atoms with Gasteiger partial charge in [0.25, 0.3) is 5.91 Å². The van der Waals surface area contributed by atoms with Crippen molar-refractivity contribution in [1.29, 1.82) is 0 Å². The molecule has 80 valence electrons. The van der Waals surface area contributed by atoms with Crippen LogP contribution in [0.15, 0.2) is 11.6 Å². The minimum Gasteiger partial charge on any atom is -0.344 e. The highest BCUT2D eigenvalue weighted by Gasteiger charge is 2.20. The van der Waals surface area contributed by atoms with Crippen molar-refractivity contribution in [1.82, 2.24) is 5.32 Å². The van der Waals surface area contributed by atoms with E-state index >= 15 is 0 Å². The second-order valence-corrected chi connectivity index (χ2v) is 4.28. The number of allylic oxidation sites excluding steroid dienone is 1. The van der Waals surface area contributed by atoms with Crippen molar-refractivity contribution < 1.29 is 9.59 Å². The predicted octanol–water partition coefficient (Wildman–Crippen LogP) is 1.83. The first-order chi connectivity index (χ1) is 6.28. The molecule has 0 aromatic heterocycles. The molecule has 0 aliphatic heterocycles. The van der Waals surface area contributed by atoms with Gasteiger partial charge in [-0.2, -0.15) is 0 Å². The molecule has 0 radical (unpaired) electrons. The van der Waals surface area contributed by atoms with Crippen LogP contribution in [0, 0.1) is 0 Å². The third kappa shape index (κ3) is 4.80. The number of hydrogen-bond donors (Lipinski definition) is 1. The Hall–Kier alpha value is -1.12. The Morgan fingerprint density at radius 2 is 1.79 bits per heavy atom. The second kappa shape index (κ2) is 4.94. The van der Waals surface area contributed by atoms with Gasteiger partial charge in [0.05, 0.1) is 0 Å². The Morgan fingerprint density at radius 1 is 1.29 bits per heavy atom. The van der Waals surface area contributed by atoms with Crippen molar-refractivity contribution in [2.24, 2.45) is 0 Å². The van der Waals surface area contributed by atoms with Crippen LogP contribution in [0.1, 0.15) is 41.0 Å². The molecule has 0 aliphatic rings. The van der Waals surface area contributed by atoms with Crippen molar-refractivity contribution in [3.05, 3.63) is 11.6 Å². The maximum atomic E-state index is 11.3. The average molecular weight is 197 g/mol. The van der Waals surface area contributed by atoms with Gasteiger partial charge in [0, 0.05) is 5.54 Å². The SMILES string of the molecule is CCC(C)(C)NC(=O)C(=O)C=C(C)C. The van der Waals surface area contributed by atoms with Crippen LogP contribution in [0.5, 0.6) is 0 Å². The lowest BCUT2D eigenvalue weighted by Crippen LogP contribution is -2.45. The molecule has 0 fully saturated rings. The Balaban J connectivity index is 4.37. The molecule has 0 saturated carbocycles. The minimum atomic E-state index is -0.530.